The van der Waals surface area contributed by atoms with Crippen molar-refractivity contribution in [2.45, 2.75) is 38.9 Å². The molecule has 1 fully saturated rings. The summed E-state index contributed by atoms with van der Waals surface area (Å²) in [5.74, 6) is -0.454. The van der Waals surface area contributed by atoms with Crippen LogP contribution < -0.4 is 15.4 Å². The molecule has 1 saturated heterocycles. The quantitative estimate of drug-likeness (QED) is 0.611. The number of benzene rings is 2. The maximum atomic E-state index is 12.8. The van der Waals surface area contributed by atoms with Crippen LogP contribution in [0.15, 0.2) is 48.5 Å². The Morgan fingerprint density at radius 3 is 2.31 bits per heavy atom. The Kier molecular flexibility index (Phi) is 8.37. The number of amides is 3. The monoisotopic (exact) mass is 491 g/mol. The molecule has 0 saturated carbocycles. The Bertz CT molecular complexity index is 1050. The van der Waals surface area contributed by atoms with Crippen molar-refractivity contribution >= 4 is 23.4 Å². The van der Waals surface area contributed by atoms with Crippen molar-refractivity contribution in [3.05, 3.63) is 59.7 Å². The molecular formula is C25H28F3N3O4. The number of hydrogen-bond donors (Lipinski definition) is 2. The lowest BCUT2D eigenvalue weighted by Crippen LogP contribution is -2.47. The van der Waals surface area contributed by atoms with Gasteiger partial charge >= 0.3 is 6.18 Å². The fraction of sp³-hybridized carbons (Fsp3) is 0.400. The van der Waals surface area contributed by atoms with Gasteiger partial charge in [-0.25, -0.2) is 0 Å². The lowest BCUT2D eigenvalue weighted by atomic mass is 10.0. The number of hydrogen-bond acceptors (Lipinski definition) is 4. The number of nitrogens with zero attached hydrogens (tertiary/aromatic N) is 1. The van der Waals surface area contributed by atoms with Crippen LogP contribution in [0.1, 0.15) is 42.6 Å². The largest absolute Gasteiger partial charge is 0.484 e. The SMILES string of the molecule is CC(C)C(=O)N1CCC(NC(=O)c2ccc(OCC(=O)Nc3cccc(C(F)(F)F)c3)cc2)CC1. The molecule has 2 aromatic carbocycles. The zero-order valence-corrected chi connectivity index (χ0v) is 19.5. The maximum Gasteiger partial charge on any atom is 0.416 e. The molecule has 0 unspecified atom stereocenters. The number of alkyl halides is 3. The van der Waals surface area contributed by atoms with Crippen molar-refractivity contribution in [1.29, 1.82) is 0 Å². The molecule has 0 aromatic heterocycles. The Morgan fingerprint density at radius 2 is 1.71 bits per heavy atom. The predicted octanol–water partition coefficient (Wildman–Crippen LogP) is 4.10. The molecule has 3 amide bonds. The zero-order chi connectivity index (χ0) is 25.6. The van der Waals surface area contributed by atoms with Crippen molar-refractivity contribution in [3.8, 4) is 5.75 Å². The van der Waals surface area contributed by atoms with Gasteiger partial charge in [0, 0.05) is 36.3 Å². The number of ether oxygens (including phenoxy) is 1. The van der Waals surface area contributed by atoms with Crippen LogP contribution in [-0.4, -0.2) is 48.4 Å². The molecule has 10 heteroatoms. The molecule has 188 valence electrons. The molecule has 0 radical (unpaired) electrons. The molecule has 1 heterocycles. The zero-order valence-electron chi connectivity index (χ0n) is 19.5. The van der Waals surface area contributed by atoms with Crippen LogP contribution in [-0.2, 0) is 15.8 Å². The van der Waals surface area contributed by atoms with E-state index in [1.807, 2.05) is 18.7 Å². The predicted molar refractivity (Wildman–Crippen MR) is 124 cm³/mol. The highest BCUT2D eigenvalue weighted by Crippen LogP contribution is 2.30. The number of rotatable bonds is 7. The molecule has 2 aromatic rings. The van der Waals surface area contributed by atoms with E-state index in [1.54, 1.807) is 12.1 Å². The van der Waals surface area contributed by atoms with Gasteiger partial charge in [-0.3, -0.25) is 14.4 Å². The number of nitrogens with one attached hydrogen (secondary N) is 2. The van der Waals surface area contributed by atoms with E-state index in [4.69, 9.17) is 4.74 Å². The van der Waals surface area contributed by atoms with Gasteiger partial charge in [0.05, 0.1) is 5.56 Å². The third-order valence-electron chi connectivity index (χ3n) is 5.60. The van der Waals surface area contributed by atoms with E-state index in [0.29, 0.717) is 37.2 Å². The second-order valence-electron chi connectivity index (χ2n) is 8.67. The van der Waals surface area contributed by atoms with Gasteiger partial charge in [0.25, 0.3) is 11.8 Å². The van der Waals surface area contributed by atoms with Crippen LogP contribution in [0.2, 0.25) is 0 Å². The van der Waals surface area contributed by atoms with Crippen molar-refractivity contribution in [2.75, 3.05) is 25.0 Å². The van der Waals surface area contributed by atoms with Gasteiger partial charge in [0.15, 0.2) is 6.61 Å². The number of anilines is 1. The molecule has 7 nitrogen and oxygen atoms in total. The van der Waals surface area contributed by atoms with E-state index in [2.05, 4.69) is 10.6 Å². The summed E-state index contributed by atoms with van der Waals surface area (Å²) in [6.45, 7) is 4.54. The molecule has 2 N–H and O–H groups in total. The van der Waals surface area contributed by atoms with Crippen molar-refractivity contribution in [3.63, 3.8) is 0 Å². The molecule has 35 heavy (non-hydrogen) atoms. The minimum atomic E-state index is -4.50. The minimum absolute atomic E-state index is 0.0137. The van der Waals surface area contributed by atoms with Gasteiger partial charge in [0.1, 0.15) is 5.75 Å². The number of carbonyl (C=O) groups is 3. The van der Waals surface area contributed by atoms with Crippen LogP contribution >= 0.6 is 0 Å². The second-order valence-corrected chi connectivity index (χ2v) is 8.67. The molecule has 0 spiro atoms. The molecular weight excluding hydrogens is 463 g/mol. The summed E-state index contributed by atoms with van der Waals surface area (Å²) >= 11 is 0. The van der Waals surface area contributed by atoms with Crippen LogP contribution in [0.5, 0.6) is 5.75 Å². The summed E-state index contributed by atoms with van der Waals surface area (Å²) < 4.78 is 43.7. The first-order valence-electron chi connectivity index (χ1n) is 11.3. The fourth-order valence-electron chi connectivity index (χ4n) is 3.70. The first-order valence-corrected chi connectivity index (χ1v) is 11.3. The summed E-state index contributed by atoms with van der Waals surface area (Å²) in [6, 6.07) is 10.5. The molecule has 0 aliphatic carbocycles. The summed E-state index contributed by atoms with van der Waals surface area (Å²) in [6.07, 6.45) is -3.13. The molecule has 3 rings (SSSR count). The lowest BCUT2D eigenvalue weighted by molar-refractivity contribution is -0.137. The van der Waals surface area contributed by atoms with E-state index in [1.165, 1.54) is 24.3 Å². The van der Waals surface area contributed by atoms with Crippen LogP contribution in [0.3, 0.4) is 0 Å². The highest BCUT2D eigenvalue weighted by molar-refractivity contribution is 5.94. The average molecular weight is 492 g/mol. The normalized spacial score (nSPS) is 14.5. The van der Waals surface area contributed by atoms with Crippen molar-refractivity contribution < 1.29 is 32.3 Å². The smallest absolute Gasteiger partial charge is 0.416 e. The second kappa shape index (κ2) is 11.2. The number of carbonyl (C=O) groups excluding carboxylic acids is 3. The van der Waals surface area contributed by atoms with E-state index < -0.39 is 24.3 Å². The number of halogens is 3. The lowest BCUT2D eigenvalue weighted by Gasteiger charge is -2.33. The minimum Gasteiger partial charge on any atom is -0.484 e. The first kappa shape index (κ1) is 26.1. The third kappa shape index (κ3) is 7.46. The molecule has 0 atom stereocenters. The van der Waals surface area contributed by atoms with Crippen molar-refractivity contribution in [1.82, 2.24) is 10.2 Å². The Hall–Kier alpha value is -3.56. The van der Waals surface area contributed by atoms with Gasteiger partial charge in [0.2, 0.25) is 5.91 Å². The molecule has 1 aliphatic heterocycles. The number of likely N-dealkylation sites (tertiary alicyclic amines) is 1. The van der Waals surface area contributed by atoms with Gasteiger partial charge in [-0.15, -0.1) is 0 Å². The summed E-state index contributed by atoms with van der Waals surface area (Å²) in [5.41, 5.74) is -0.425. The summed E-state index contributed by atoms with van der Waals surface area (Å²) in [7, 11) is 0. The van der Waals surface area contributed by atoms with Gasteiger partial charge in [-0.05, 0) is 55.3 Å². The van der Waals surface area contributed by atoms with Gasteiger partial charge in [-0.1, -0.05) is 19.9 Å². The van der Waals surface area contributed by atoms with E-state index in [0.717, 1.165) is 12.1 Å². The number of piperidine rings is 1. The van der Waals surface area contributed by atoms with Crippen molar-refractivity contribution in [2.24, 2.45) is 5.92 Å². The van der Waals surface area contributed by atoms with Crippen LogP contribution in [0.25, 0.3) is 0 Å². The average Bonchev–Trinajstić information content (AvgIpc) is 2.82. The summed E-state index contributed by atoms with van der Waals surface area (Å²) in [5, 5.41) is 5.34. The first-order chi connectivity index (χ1) is 16.5. The highest BCUT2D eigenvalue weighted by Gasteiger charge is 2.30. The standard InChI is InChI=1S/C25H28F3N3O4/c1-16(2)24(34)31-12-10-19(11-13-31)30-23(33)17-6-8-21(9-7-17)35-15-22(32)29-20-5-3-4-18(14-20)25(26,27)28/h3-9,14,16,19H,10-13,15H2,1-2H3,(H,29,32)(H,30,33). The topological polar surface area (TPSA) is 87.7 Å². The van der Waals surface area contributed by atoms with Crippen LogP contribution in [0, 0.1) is 5.92 Å². The van der Waals surface area contributed by atoms with E-state index >= 15 is 0 Å². The Labute approximate surface area is 201 Å². The maximum absolute atomic E-state index is 12.8. The third-order valence-corrected chi connectivity index (χ3v) is 5.60. The highest BCUT2D eigenvalue weighted by atomic mass is 19.4. The summed E-state index contributed by atoms with van der Waals surface area (Å²) in [4.78, 5) is 38.5. The Morgan fingerprint density at radius 1 is 1.06 bits per heavy atom. The Balaban J connectivity index is 1.45. The van der Waals surface area contributed by atoms with Gasteiger partial charge < -0.3 is 20.3 Å². The molecule has 1 aliphatic rings. The fourth-order valence-corrected chi connectivity index (χ4v) is 3.70. The van der Waals surface area contributed by atoms with Gasteiger partial charge in [-0.2, -0.15) is 13.2 Å². The van der Waals surface area contributed by atoms with E-state index in [-0.39, 0.29) is 29.5 Å². The van der Waals surface area contributed by atoms with E-state index in [9.17, 15) is 27.6 Å². The van der Waals surface area contributed by atoms with Crippen LogP contribution in [0.4, 0.5) is 18.9 Å². The molecule has 0 bridgehead atoms.